The lowest BCUT2D eigenvalue weighted by atomic mass is 9.41. The molecule has 2 N–H and O–H groups in total. The van der Waals surface area contributed by atoms with E-state index in [0.717, 1.165) is 83.0 Å². The van der Waals surface area contributed by atoms with Gasteiger partial charge in [-0.25, -0.2) is 0 Å². The molecule has 2 fully saturated rings. The van der Waals surface area contributed by atoms with Gasteiger partial charge >= 0.3 is 0 Å². The Kier molecular flexibility index (Phi) is 9.33. The molecule has 0 radical (unpaired) electrons. The molecule has 4 aliphatic rings. The minimum atomic E-state index is -0.671. The molecule has 6 atom stereocenters. The van der Waals surface area contributed by atoms with Crippen LogP contribution >= 0.6 is 0 Å². The minimum absolute atomic E-state index is 0.00254. The lowest BCUT2D eigenvalue weighted by Crippen LogP contribution is -2.64. The normalized spacial score (nSPS) is 30.9. The summed E-state index contributed by atoms with van der Waals surface area (Å²) in [5.74, 6) is 0.156. The molecule has 0 aliphatic heterocycles. The van der Waals surface area contributed by atoms with Crippen molar-refractivity contribution in [3.05, 3.63) is 130 Å². The Morgan fingerprint density at radius 3 is 1.96 bits per heavy atom. The van der Waals surface area contributed by atoms with E-state index in [1.54, 1.807) is 11.9 Å². The van der Waals surface area contributed by atoms with Crippen molar-refractivity contribution in [3.8, 4) is 0 Å². The lowest BCUT2D eigenvalue weighted by Gasteiger charge is -2.63. The Labute approximate surface area is 329 Å². The number of anilines is 2. The fourth-order valence-electron chi connectivity index (χ4n) is 12.6. The standard InChI is InChI=1S/C50H61N3O2/c1-46-26-13-27-47(2,44(54)52(6)45(55)49(4)29-14-28-48(3)42-31-39(51)22-19-38(42)25-30-50(48,49)5)43(46)24-21-37-20-23-40(32-41(37)46)53(33-35-15-9-7-10-16-35)34-36-17-11-8-12-18-36/h7-12,15-20,22-23,31-32,43H,13-14,21,24-30,33-34,51H2,1-6H3/t43-,46-,47+,48-,49-,50-/m1/s1. The maximum atomic E-state index is 15.2. The zero-order valence-electron chi connectivity index (χ0n) is 34.1. The van der Waals surface area contributed by atoms with Crippen LogP contribution in [-0.4, -0.2) is 23.8 Å². The summed E-state index contributed by atoms with van der Waals surface area (Å²) in [4.78, 5) is 34.5. The smallest absolute Gasteiger partial charge is 0.235 e. The topological polar surface area (TPSA) is 66.6 Å². The van der Waals surface area contributed by atoms with Gasteiger partial charge in [-0.2, -0.15) is 0 Å². The van der Waals surface area contributed by atoms with E-state index in [2.05, 4.69) is 131 Å². The van der Waals surface area contributed by atoms with Crippen LogP contribution in [0.4, 0.5) is 11.4 Å². The Hall–Kier alpha value is -4.38. The molecule has 5 heteroatoms. The van der Waals surface area contributed by atoms with Crippen LogP contribution in [0.1, 0.15) is 119 Å². The highest BCUT2D eigenvalue weighted by molar-refractivity contribution is 6.01. The van der Waals surface area contributed by atoms with E-state index in [9.17, 15) is 0 Å². The van der Waals surface area contributed by atoms with Crippen LogP contribution in [0.25, 0.3) is 0 Å². The highest BCUT2D eigenvalue weighted by Crippen LogP contribution is 2.66. The predicted octanol–water partition coefficient (Wildman–Crippen LogP) is 10.6. The van der Waals surface area contributed by atoms with E-state index in [-0.39, 0.29) is 34.0 Å². The maximum Gasteiger partial charge on any atom is 0.235 e. The highest BCUT2D eigenvalue weighted by Gasteiger charge is 2.65. The number of carbonyl (C=O) groups excluding carboxylic acids is 2. The van der Waals surface area contributed by atoms with Gasteiger partial charge in [-0.15, -0.1) is 0 Å². The quantitative estimate of drug-likeness (QED) is 0.152. The van der Waals surface area contributed by atoms with Gasteiger partial charge in [0, 0.05) is 31.5 Å². The van der Waals surface area contributed by atoms with E-state index in [0.29, 0.717) is 0 Å². The average Bonchev–Trinajstić information content (AvgIpc) is 3.18. The second kappa shape index (κ2) is 13.7. The summed E-state index contributed by atoms with van der Waals surface area (Å²) < 4.78 is 0. The van der Waals surface area contributed by atoms with Crippen LogP contribution in [0.15, 0.2) is 97.1 Å². The zero-order chi connectivity index (χ0) is 38.8. The number of nitrogens with zero attached hydrogens (tertiary/aromatic N) is 2. The summed E-state index contributed by atoms with van der Waals surface area (Å²) in [5.41, 5.74) is 14.4. The number of hydrogen-bond acceptors (Lipinski definition) is 4. The number of hydrogen-bond donors (Lipinski definition) is 1. The van der Waals surface area contributed by atoms with Crippen molar-refractivity contribution in [2.24, 2.45) is 22.2 Å². The van der Waals surface area contributed by atoms with Crippen LogP contribution in [0.5, 0.6) is 0 Å². The summed E-state index contributed by atoms with van der Waals surface area (Å²) in [5, 5.41) is 0. The predicted molar refractivity (Wildman–Crippen MR) is 225 cm³/mol. The first kappa shape index (κ1) is 37.5. The van der Waals surface area contributed by atoms with Crippen LogP contribution in [0, 0.1) is 22.2 Å². The molecule has 4 aliphatic carbocycles. The van der Waals surface area contributed by atoms with Crippen molar-refractivity contribution in [1.82, 2.24) is 4.90 Å². The molecule has 8 rings (SSSR count). The molecular weight excluding hydrogens is 675 g/mol. The van der Waals surface area contributed by atoms with Gasteiger partial charge in [0.25, 0.3) is 0 Å². The van der Waals surface area contributed by atoms with Crippen molar-refractivity contribution < 1.29 is 9.59 Å². The van der Waals surface area contributed by atoms with E-state index < -0.39 is 10.8 Å². The molecule has 0 aromatic heterocycles. The average molecular weight is 736 g/mol. The summed E-state index contributed by atoms with van der Waals surface area (Å²) in [6.45, 7) is 13.1. The Bertz CT molecular complexity index is 2060. The van der Waals surface area contributed by atoms with Crippen molar-refractivity contribution in [2.75, 3.05) is 17.7 Å². The number of benzene rings is 4. The fourth-order valence-corrected chi connectivity index (χ4v) is 12.6. The molecule has 0 unspecified atom stereocenters. The SMILES string of the molecule is CN(C(=O)[C@@]1(C)CCC[C@]2(C)c3cc(N(Cc4ccccc4)Cc4ccccc4)ccc3CC[C@@H]12)C(=O)[C@@]1(C)CCC[C@]2(C)c3cc(N)ccc3CC[C@@]12C. The van der Waals surface area contributed by atoms with E-state index >= 15 is 9.59 Å². The van der Waals surface area contributed by atoms with Gasteiger partial charge in [0.15, 0.2) is 0 Å². The number of aryl methyl sites for hydroxylation is 2. The molecule has 288 valence electrons. The largest absolute Gasteiger partial charge is 0.399 e. The first-order chi connectivity index (χ1) is 26.2. The van der Waals surface area contributed by atoms with Crippen molar-refractivity contribution in [2.45, 2.75) is 123 Å². The summed E-state index contributed by atoms with van der Waals surface area (Å²) in [6.07, 6.45) is 9.34. The van der Waals surface area contributed by atoms with Crippen molar-refractivity contribution >= 4 is 23.2 Å². The zero-order valence-corrected chi connectivity index (χ0v) is 34.1. The van der Waals surface area contributed by atoms with Gasteiger partial charge in [-0.1, -0.05) is 120 Å². The summed E-state index contributed by atoms with van der Waals surface area (Å²) in [7, 11) is 1.80. The number of nitrogens with two attached hydrogens (primary N) is 1. The van der Waals surface area contributed by atoms with Crippen LogP contribution < -0.4 is 10.6 Å². The molecular formula is C50H61N3O2. The molecule has 55 heavy (non-hydrogen) atoms. The molecule has 4 aromatic carbocycles. The second-order valence-corrected chi connectivity index (χ2v) is 18.9. The monoisotopic (exact) mass is 735 g/mol. The highest BCUT2D eigenvalue weighted by atomic mass is 16.2. The molecule has 5 nitrogen and oxygen atoms in total. The van der Waals surface area contributed by atoms with Gasteiger partial charge in [0.1, 0.15) is 0 Å². The third-order valence-corrected chi connectivity index (χ3v) is 16.1. The third kappa shape index (κ3) is 5.86. The number of nitrogen functional groups attached to an aromatic ring is 1. The summed E-state index contributed by atoms with van der Waals surface area (Å²) >= 11 is 0. The first-order valence-electron chi connectivity index (χ1n) is 20.9. The molecule has 2 saturated carbocycles. The number of amides is 2. The van der Waals surface area contributed by atoms with E-state index in [1.165, 1.54) is 39.1 Å². The van der Waals surface area contributed by atoms with Gasteiger partial charge in [-0.05, 0) is 131 Å². The molecule has 2 amide bonds. The Morgan fingerprint density at radius 1 is 0.673 bits per heavy atom. The van der Waals surface area contributed by atoms with Crippen molar-refractivity contribution in [3.63, 3.8) is 0 Å². The van der Waals surface area contributed by atoms with Gasteiger partial charge in [-0.3, -0.25) is 14.5 Å². The van der Waals surface area contributed by atoms with Crippen LogP contribution in [0.3, 0.4) is 0 Å². The molecule has 4 aromatic rings. The van der Waals surface area contributed by atoms with Crippen molar-refractivity contribution in [1.29, 1.82) is 0 Å². The van der Waals surface area contributed by atoms with E-state index in [1.807, 2.05) is 6.07 Å². The number of imide groups is 1. The number of rotatable bonds is 7. The molecule has 0 spiro atoms. The van der Waals surface area contributed by atoms with Gasteiger partial charge in [0.2, 0.25) is 11.8 Å². The fraction of sp³-hybridized carbons (Fsp3) is 0.480. The first-order valence-corrected chi connectivity index (χ1v) is 20.9. The third-order valence-electron chi connectivity index (χ3n) is 16.1. The van der Waals surface area contributed by atoms with Gasteiger partial charge in [0.05, 0.1) is 10.8 Å². The molecule has 0 heterocycles. The number of carbonyl (C=O) groups is 2. The van der Waals surface area contributed by atoms with Crippen LogP contribution in [0.2, 0.25) is 0 Å². The van der Waals surface area contributed by atoms with Gasteiger partial charge < -0.3 is 10.6 Å². The van der Waals surface area contributed by atoms with Crippen LogP contribution in [-0.2, 0) is 46.4 Å². The Morgan fingerprint density at radius 2 is 1.29 bits per heavy atom. The summed E-state index contributed by atoms with van der Waals surface area (Å²) in [6, 6.07) is 35.0. The Balaban J connectivity index is 1.10. The second-order valence-electron chi connectivity index (χ2n) is 18.9. The lowest BCUT2D eigenvalue weighted by molar-refractivity contribution is -0.171. The van der Waals surface area contributed by atoms with E-state index in [4.69, 9.17) is 5.73 Å². The molecule has 0 saturated heterocycles. The number of fused-ring (bicyclic) bond motifs is 6. The maximum absolute atomic E-state index is 15.2. The molecule has 0 bridgehead atoms. The minimum Gasteiger partial charge on any atom is -0.399 e.